The lowest BCUT2D eigenvalue weighted by Gasteiger charge is -2.06. The Bertz CT molecular complexity index is 574. The van der Waals surface area contributed by atoms with E-state index in [4.69, 9.17) is 11.6 Å². The first-order valence-electron chi connectivity index (χ1n) is 5.29. The highest BCUT2D eigenvalue weighted by Crippen LogP contribution is 2.14. The maximum absolute atomic E-state index is 11.9. The van der Waals surface area contributed by atoms with Crippen molar-refractivity contribution in [1.29, 1.82) is 0 Å². The lowest BCUT2D eigenvalue weighted by Crippen LogP contribution is -2.23. The first-order chi connectivity index (χ1) is 8.66. The summed E-state index contributed by atoms with van der Waals surface area (Å²) in [6.45, 7) is 0.455. The molecule has 1 aromatic heterocycles. The third kappa shape index (κ3) is 3.31. The second-order valence-corrected chi connectivity index (χ2v) is 4.99. The van der Waals surface area contributed by atoms with Crippen LogP contribution in [0.4, 0.5) is 0 Å². The summed E-state index contributed by atoms with van der Waals surface area (Å²) in [5.41, 5.74) is 1.45. The van der Waals surface area contributed by atoms with E-state index in [-0.39, 0.29) is 5.91 Å². The molecule has 0 radical (unpaired) electrons. The lowest BCUT2D eigenvalue weighted by atomic mass is 10.2. The van der Waals surface area contributed by atoms with Gasteiger partial charge in [-0.3, -0.25) is 9.78 Å². The number of rotatable bonds is 3. The number of halogens is 2. The number of nitrogens with zero attached hydrogens (tertiary/aromatic N) is 1. The van der Waals surface area contributed by atoms with E-state index in [9.17, 15) is 4.79 Å². The van der Waals surface area contributed by atoms with Gasteiger partial charge in [0.25, 0.3) is 5.91 Å². The number of hydrogen-bond acceptors (Lipinski definition) is 2. The Morgan fingerprint density at radius 3 is 2.94 bits per heavy atom. The molecule has 1 heterocycles. The summed E-state index contributed by atoms with van der Waals surface area (Å²) in [6.07, 6.45) is 3.00. The fourth-order valence-corrected chi connectivity index (χ4v) is 2.14. The van der Waals surface area contributed by atoms with E-state index in [0.717, 1.165) is 10.0 Å². The van der Waals surface area contributed by atoms with Gasteiger partial charge in [-0.25, -0.2) is 0 Å². The van der Waals surface area contributed by atoms with Crippen LogP contribution in [0.3, 0.4) is 0 Å². The van der Waals surface area contributed by atoms with Crippen LogP contribution in [-0.2, 0) is 6.54 Å². The van der Waals surface area contributed by atoms with E-state index in [0.29, 0.717) is 17.1 Å². The van der Waals surface area contributed by atoms with E-state index < -0.39 is 0 Å². The van der Waals surface area contributed by atoms with Crippen molar-refractivity contribution in [2.45, 2.75) is 6.54 Å². The SMILES string of the molecule is O=C(NCc1cccc(Br)c1)c1ccncc1Cl. The first kappa shape index (κ1) is 13.1. The van der Waals surface area contributed by atoms with E-state index in [1.807, 2.05) is 24.3 Å². The third-order valence-corrected chi connectivity index (χ3v) is 3.15. The standard InChI is InChI=1S/C13H10BrClN2O/c14-10-3-1-2-9(6-10)7-17-13(18)11-4-5-16-8-12(11)15/h1-6,8H,7H2,(H,17,18). The van der Waals surface area contributed by atoms with Crippen LogP contribution in [0.5, 0.6) is 0 Å². The van der Waals surface area contributed by atoms with Gasteiger partial charge in [0.15, 0.2) is 0 Å². The van der Waals surface area contributed by atoms with Gasteiger partial charge in [0.1, 0.15) is 0 Å². The molecule has 1 aromatic carbocycles. The van der Waals surface area contributed by atoms with Crippen LogP contribution in [0.1, 0.15) is 15.9 Å². The second kappa shape index (κ2) is 5.98. The monoisotopic (exact) mass is 324 g/mol. The van der Waals surface area contributed by atoms with Crippen LogP contribution in [-0.4, -0.2) is 10.9 Å². The van der Waals surface area contributed by atoms with Crippen molar-refractivity contribution in [1.82, 2.24) is 10.3 Å². The molecule has 18 heavy (non-hydrogen) atoms. The molecule has 0 atom stereocenters. The van der Waals surface area contributed by atoms with Crippen molar-refractivity contribution in [2.75, 3.05) is 0 Å². The molecule has 1 amide bonds. The lowest BCUT2D eigenvalue weighted by molar-refractivity contribution is 0.0951. The van der Waals surface area contributed by atoms with Crippen LogP contribution < -0.4 is 5.32 Å². The van der Waals surface area contributed by atoms with Gasteiger partial charge in [0.05, 0.1) is 10.6 Å². The predicted molar refractivity (Wildman–Crippen MR) is 74.6 cm³/mol. The molecule has 5 heteroatoms. The maximum atomic E-state index is 11.9. The molecule has 0 aliphatic heterocycles. The van der Waals surface area contributed by atoms with Crippen LogP contribution in [0.15, 0.2) is 47.2 Å². The van der Waals surface area contributed by atoms with Crippen LogP contribution in [0.25, 0.3) is 0 Å². The Kier molecular flexibility index (Phi) is 4.33. The van der Waals surface area contributed by atoms with E-state index >= 15 is 0 Å². The number of benzene rings is 1. The van der Waals surface area contributed by atoms with Crippen LogP contribution in [0, 0.1) is 0 Å². The summed E-state index contributed by atoms with van der Waals surface area (Å²) in [7, 11) is 0. The molecule has 0 spiro atoms. The fraction of sp³-hybridized carbons (Fsp3) is 0.0769. The Morgan fingerprint density at radius 1 is 1.39 bits per heavy atom. The van der Waals surface area contributed by atoms with Crippen molar-refractivity contribution in [3.05, 3.63) is 63.3 Å². The number of hydrogen-bond donors (Lipinski definition) is 1. The normalized spacial score (nSPS) is 10.1. The molecule has 0 saturated heterocycles. The molecule has 2 aromatic rings. The van der Waals surface area contributed by atoms with Gasteiger partial charge in [-0.2, -0.15) is 0 Å². The molecule has 0 saturated carbocycles. The predicted octanol–water partition coefficient (Wildman–Crippen LogP) is 3.43. The molecule has 1 N–H and O–H groups in total. The third-order valence-electron chi connectivity index (χ3n) is 2.36. The molecular formula is C13H10BrClN2O. The van der Waals surface area contributed by atoms with Gasteiger partial charge in [0.2, 0.25) is 0 Å². The fourth-order valence-electron chi connectivity index (χ4n) is 1.48. The highest BCUT2D eigenvalue weighted by molar-refractivity contribution is 9.10. The summed E-state index contributed by atoms with van der Waals surface area (Å²) < 4.78 is 0.983. The minimum absolute atomic E-state index is 0.206. The van der Waals surface area contributed by atoms with Crippen LogP contribution in [0.2, 0.25) is 5.02 Å². The van der Waals surface area contributed by atoms with Crippen molar-refractivity contribution >= 4 is 33.4 Å². The number of pyridine rings is 1. The number of nitrogens with one attached hydrogen (secondary N) is 1. The van der Waals surface area contributed by atoms with Crippen molar-refractivity contribution in [3.8, 4) is 0 Å². The number of amides is 1. The summed E-state index contributed by atoms with van der Waals surface area (Å²) in [4.78, 5) is 15.7. The number of carbonyl (C=O) groups excluding carboxylic acids is 1. The van der Waals surface area contributed by atoms with E-state index in [1.54, 1.807) is 12.3 Å². The molecule has 3 nitrogen and oxygen atoms in total. The van der Waals surface area contributed by atoms with Crippen molar-refractivity contribution in [3.63, 3.8) is 0 Å². The average molecular weight is 326 g/mol. The van der Waals surface area contributed by atoms with E-state index in [2.05, 4.69) is 26.2 Å². The molecular weight excluding hydrogens is 316 g/mol. The smallest absolute Gasteiger partial charge is 0.253 e. The Labute approximate surface area is 118 Å². The molecule has 0 fully saturated rings. The molecule has 2 rings (SSSR count). The van der Waals surface area contributed by atoms with Gasteiger partial charge < -0.3 is 5.32 Å². The Morgan fingerprint density at radius 2 is 2.22 bits per heavy atom. The van der Waals surface area contributed by atoms with Crippen molar-refractivity contribution < 1.29 is 4.79 Å². The zero-order chi connectivity index (χ0) is 13.0. The van der Waals surface area contributed by atoms with Gasteiger partial charge in [-0.05, 0) is 23.8 Å². The van der Waals surface area contributed by atoms with E-state index in [1.165, 1.54) is 6.20 Å². The molecule has 0 aliphatic rings. The largest absolute Gasteiger partial charge is 0.348 e. The van der Waals surface area contributed by atoms with Gasteiger partial charge in [0, 0.05) is 23.4 Å². The van der Waals surface area contributed by atoms with Crippen LogP contribution >= 0.6 is 27.5 Å². The summed E-state index contributed by atoms with van der Waals surface area (Å²) in [5.74, 6) is -0.206. The van der Waals surface area contributed by atoms with Crippen molar-refractivity contribution in [2.24, 2.45) is 0 Å². The zero-order valence-corrected chi connectivity index (χ0v) is 11.7. The summed E-state index contributed by atoms with van der Waals surface area (Å²) in [5, 5.41) is 3.16. The minimum atomic E-state index is -0.206. The molecule has 0 aliphatic carbocycles. The first-order valence-corrected chi connectivity index (χ1v) is 6.46. The highest BCUT2D eigenvalue weighted by Gasteiger charge is 2.09. The average Bonchev–Trinajstić information content (AvgIpc) is 2.37. The Hall–Kier alpha value is -1.39. The highest BCUT2D eigenvalue weighted by atomic mass is 79.9. The summed E-state index contributed by atoms with van der Waals surface area (Å²) in [6, 6.07) is 9.35. The Balaban J connectivity index is 2.03. The number of carbonyl (C=O) groups is 1. The second-order valence-electron chi connectivity index (χ2n) is 3.67. The number of aromatic nitrogens is 1. The molecule has 0 bridgehead atoms. The van der Waals surface area contributed by atoms with Gasteiger partial charge >= 0.3 is 0 Å². The minimum Gasteiger partial charge on any atom is -0.348 e. The van der Waals surface area contributed by atoms with Gasteiger partial charge in [-0.1, -0.05) is 39.7 Å². The summed E-state index contributed by atoms with van der Waals surface area (Å²) >= 11 is 9.28. The molecule has 0 unspecified atom stereocenters. The maximum Gasteiger partial charge on any atom is 0.253 e. The molecule has 92 valence electrons. The van der Waals surface area contributed by atoms with Gasteiger partial charge in [-0.15, -0.1) is 0 Å². The quantitative estimate of drug-likeness (QED) is 0.939. The topological polar surface area (TPSA) is 42.0 Å². The zero-order valence-electron chi connectivity index (χ0n) is 9.36.